The number of halogens is 1. The molecule has 2 aromatic heterocycles. The second kappa shape index (κ2) is 11.2. The highest BCUT2D eigenvalue weighted by Crippen LogP contribution is 2.34. The number of anilines is 1. The summed E-state index contributed by atoms with van der Waals surface area (Å²) in [5.74, 6) is -0.316. The Hall–Kier alpha value is -4.32. The van der Waals surface area contributed by atoms with Crippen LogP contribution in [0.5, 0.6) is 5.88 Å². The first-order chi connectivity index (χ1) is 17.8. The maximum absolute atomic E-state index is 14.3. The maximum Gasteiger partial charge on any atom is 0.334 e. The summed E-state index contributed by atoms with van der Waals surface area (Å²) in [6.45, 7) is 1.73. The molecule has 0 bridgehead atoms. The molecule has 1 aromatic carbocycles. The van der Waals surface area contributed by atoms with Crippen LogP contribution >= 0.6 is 0 Å². The Labute approximate surface area is 212 Å². The third-order valence-electron chi connectivity index (χ3n) is 5.84. The summed E-state index contributed by atoms with van der Waals surface area (Å²) in [6, 6.07) is 9.32. The van der Waals surface area contributed by atoms with E-state index in [1.807, 2.05) is 0 Å². The fourth-order valence-corrected chi connectivity index (χ4v) is 4.11. The number of methoxy groups -OCH3 is 2. The van der Waals surface area contributed by atoms with E-state index in [0.717, 1.165) is 5.56 Å². The number of carbonyl (C=O) groups excluding carboxylic acids is 1. The Morgan fingerprint density at radius 1 is 1.27 bits per heavy atom. The number of aryl methyl sites for hydroxylation is 1. The lowest BCUT2D eigenvalue weighted by atomic mass is 9.90. The van der Waals surface area contributed by atoms with Gasteiger partial charge in [-0.25, -0.2) is 24.1 Å². The first-order valence-electron chi connectivity index (χ1n) is 11.5. The minimum Gasteiger partial charge on any atom is -0.481 e. The number of nitrogens with zero attached hydrogens (tertiary/aromatic N) is 4. The highest BCUT2D eigenvalue weighted by molar-refractivity contribution is 6.01. The number of nitrogens with two attached hydrogens (primary N) is 1. The maximum atomic E-state index is 14.3. The number of nitrogen functional groups attached to an aromatic ring is 1. The van der Waals surface area contributed by atoms with Crippen LogP contribution in [0.25, 0.3) is 11.3 Å². The Bertz CT molecular complexity index is 1330. The molecule has 1 aliphatic heterocycles. The van der Waals surface area contributed by atoms with E-state index < -0.39 is 23.9 Å². The largest absolute Gasteiger partial charge is 0.481 e. The molecule has 0 aliphatic carbocycles. The van der Waals surface area contributed by atoms with Crippen LogP contribution in [0.4, 0.5) is 10.3 Å². The Kier molecular flexibility index (Phi) is 7.77. The van der Waals surface area contributed by atoms with Gasteiger partial charge >= 0.3 is 5.97 Å². The van der Waals surface area contributed by atoms with Crippen molar-refractivity contribution in [3.05, 3.63) is 64.7 Å². The fourth-order valence-electron chi connectivity index (χ4n) is 4.11. The molecule has 0 saturated carbocycles. The lowest BCUT2D eigenvalue weighted by Crippen LogP contribution is -2.38. The summed E-state index contributed by atoms with van der Waals surface area (Å²) >= 11 is 0. The topological polar surface area (TPSA) is 154 Å². The number of amidine groups is 1. The zero-order valence-electron chi connectivity index (χ0n) is 20.6. The van der Waals surface area contributed by atoms with Crippen molar-refractivity contribution in [2.45, 2.75) is 31.9 Å². The van der Waals surface area contributed by atoms with Gasteiger partial charge in [0.25, 0.3) is 0 Å². The molecule has 0 spiro atoms. The van der Waals surface area contributed by atoms with Gasteiger partial charge in [-0.1, -0.05) is 17.3 Å². The standard InChI is InChI=1S/C25H27FN6O5/c1-13-22-19(31-25(27)28-13)12-18(30-23(22)32-37-10-9-20(33)24(34)36-3)15-8-7-14(26)11-16(15)17-5-4-6-21(29-17)35-2/h4-8,11,18,20,33H,9-10,12H2,1-3H3,(H,30,32)(H2,27,28,31)/t18-,20?/m1/s1. The molecule has 1 aliphatic rings. The summed E-state index contributed by atoms with van der Waals surface area (Å²) in [7, 11) is 2.70. The summed E-state index contributed by atoms with van der Waals surface area (Å²) in [5, 5.41) is 17.3. The molecule has 3 heterocycles. The second-order valence-corrected chi connectivity index (χ2v) is 8.29. The smallest absolute Gasteiger partial charge is 0.334 e. The summed E-state index contributed by atoms with van der Waals surface area (Å²) < 4.78 is 24.1. The molecule has 4 rings (SSSR count). The van der Waals surface area contributed by atoms with Gasteiger partial charge in [0.05, 0.1) is 42.9 Å². The van der Waals surface area contributed by atoms with Crippen LogP contribution < -0.4 is 15.8 Å². The third-order valence-corrected chi connectivity index (χ3v) is 5.84. The number of oxime groups is 1. The predicted octanol–water partition coefficient (Wildman–Crippen LogP) is 2.07. The minimum absolute atomic E-state index is 0.0133. The highest BCUT2D eigenvalue weighted by atomic mass is 19.1. The number of carbonyl (C=O) groups is 1. The molecule has 11 nitrogen and oxygen atoms in total. The van der Waals surface area contributed by atoms with E-state index in [4.69, 9.17) is 15.3 Å². The van der Waals surface area contributed by atoms with E-state index in [9.17, 15) is 14.3 Å². The van der Waals surface area contributed by atoms with Crippen LogP contribution in [-0.4, -0.2) is 58.8 Å². The number of aromatic nitrogens is 3. The van der Waals surface area contributed by atoms with Crippen molar-refractivity contribution in [1.29, 1.82) is 0 Å². The van der Waals surface area contributed by atoms with Crippen molar-refractivity contribution < 1.29 is 28.6 Å². The van der Waals surface area contributed by atoms with Crippen LogP contribution in [0, 0.1) is 12.7 Å². The van der Waals surface area contributed by atoms with Gasteiger partial charge in [0.1, 0.15) is 12.4 Å². The number of hydrogen-bond acceptors (Lipinski definition) is 10. The fraction of sp³-hybridized carbons (Fsp3) is 0.320. The zero-order valence-corrected chi connectivity index (χ0v) is 20.6. The molecular formula is C25H27FN6O5. The average Bonchev–Trinajstić information content (AvgIpc) is 2.89. The highest BCUT2D eigenvalue weighted by Gasteiger charge is 2.30. The van der Waals surface area contributed by atoms with Gasteiger partial charge in [0.15, 0.2) is 11.9 Å². The van der Waals surface area contributed by atoms with Crippen LogP contribution in [-0.2, 0) is 20.8 Å². The van der Waals surface area contributed by atoms with E-state index in [-0.39, 0.29) is 19.0 Å². The first kappa shape index (κ1) is 25.8. The van der Waals surface area contributed by atoms with E-state index in [1.54, 1.807) is 31.2 Å². The van der Waals surface area contributed by atoms with Gasteiger partial charge in [-0.05, 0) is 30.7 Å². The number of nitrogens with one attached hydrogen (secondary N) is 1. The van der Waals surface area contributed by atoms with Crippen molar-refractivity contribution in [3.8, 4) is 17.1 Å². The number of rotatable bonds is 8. The molecule has 37 heavy (non-hydrogen) atoms. The molecular weight excluding hydrogens is 483 g/mol. The Morgan fingerprint density at radius 2 is 2.08 bits per heavy atom. The number of aliphatic hydroxyl groups excluding tert-OH is 1. The molecule has 2 atom stereocenters. The van der Waals surface area contributed by atoms with Gasteiger partial charge in [-0.15, -0.1) is 0 Å². The molecule has 0 saturated heterocycles. The molecule has 0 amide bonds. The van der Waals surface area contributed by atoms with Crippen LogP contribution in [0.2, 0.25) is 0 Å². The van der Waals surface area contributed by atoms with Crippen LogP contribution in [0.1, 0.15) is 35.0 Å². The predicted molar refractivity (Wildman–Crippen MR) is 132 cm³/mol. The summed E-state index contributed by atoms with van der Waals surface area (Å²) in [5.41, 5.74) is 9.63. The second-order valence-electron chi connectivity index (χ2n) is 8.29. The van der Waals surface area contributed by atoms with Gasteiger partial charge in [-0.3, -0.25) is 0 Å². The first-order valence-corrected chi connectivity index (χ1v) is 11.5. The van der Waals surface area contributed by atoms with E-state index in [2.05, 4.69) is 30.2 Å². The van der Waals surface area contributed by atoms with Gasteiger partial charge in [0, 0.05) is 24.5 Å². The van der Waals surface area contributed by atoms with E-state index in [0.29, 0.717) is 46.3 Å². The molecule has 3 aromatic rings. The molecule has 0 radical (unpaired) electrons. The summed E-state index contributed by atoms with van der Waals surface area (Å²) in [4.78, 5) is 30.0. The lowest BCUT2D eigenvalue weighted by Gasteiger charge is -2.29. The Morgan fingerprint density at radius 3 is 2.84 bits per heavy atom. The number of aliphatic hydroxyl groups is 1. The van der Waals surface area contributed by atoms with Crippen molar-refractivity contribution in [3.63, 3.8) is 0 Å². The van der Waals surface area contributed by atoms with Gasteiger partial charge < -0.3 is 30.5 Å². The molecule has 12 heteroatoms. The lowest BCUT2D eigenvalue weighted by molar-refractivity contribution is -0.151. The number of esters is 1. The van der Waals surface area contributed by atoms with Crippen molar-refractivity contribution in [1.82, 2.24) is 20.3 Å². The minimum atomic E-state index is -1.33. The monoisotopic (exact) mass is 510 g/mol. The Balaban J connectivity index is 1.69. The number of hydrogen-bond donors (Lipinski definition) is 3. The van der Waals surface area contributed by atoms with Crippen molar-refractivity contribution in [2.24, 2.45) is 5.16 Å². The summed E-state index contributed by atoms with van der Waals surface area (Å²) in [6.07, 6.45) is -0.932. The van der Waals surface area contributed by atoms with Crippen molar-refractivity contribution in [2.75, 3.05) is 26.6 Å². The van der Waals surface area contributed by atoms with Gasteiger partial charge in [-0.2, -0.15) is 0 Å². The van der Waals surface area contributed by atoms with Crippen molar-refractivity contribution >= 4 is 17.8 Å². The van der Waals surface area contributed by atoms with E-state index in [1.165, 1.54) is 26.4 Å². The normalized spacial score (nSPS) is 16.5. The quantitative estimate of drug-likeness (QED) is 0.233. The number of pyridine rings is 1. The molecule has 194 valence electrons. The molecule has 4 N–H and O–H groups in total. The SMILES string of the molecule is COC(=O)C(O)CCO/N=C1\N[C@@H](c2ccc(F)cc2-c2cccc(OC)n2)Cc2nc(N)nc(C)c21. The number of benzene rings is 1. The van der Waals surface area contributed by atoms with Crippen LogP contribution in [0.15, 0.2) is 41.6 Å². The van der Waals surface area contributed by atoms with Gasteiger partial charge in [0.2, 0.25) is 11.8 Å². The number of fused-ring (bicyclic) bond motifs is 1. The van der Waals surface area contributed by atoms with Crippen LogP contribution in [0.3, 0.4) is 0 Å². The van der Waals surface area contributed by atoms with E-state index >= 15 is 0 Å². The molecule has 1 unspecified atom stereocenters. The third kappa shape index (κ3) is 5.75. The zero-order chi connectivity index (χ0) is 26.5. The molecule has 0 fully saturated rings. The number of ether oxygens (including phenoxy) is 2. The average molecular weight is 511 g/mol.